The molecule has 2 unspecified atom stereocenters. The summed E-state index contributed by atoms with van der Waals surface area (Å²) < 4.78 is 45.9. The van der Waals surface area contributed by atoms with Crippen LogP contribution in [0.2, 0.25) is 0 Å². The first kappa shape index (κ1) is 32.1. The van der Waals surface area contributed by atoms with Crippen LogP contribution in [0.4, 0.5) is 0 Å². The van der Waals surface area contributed by atoms with E-state index in [1.165, 1.54) is 8.61 Å². The summed E-state index contributed by atoms with van der Waals surface area (Å²) in [6.07, 6.45) is -2.96. The van der Waals surface area contributed by atoms with Crippen LogP contribution in [0.5, 0.6) is 11.5 Å². The molecule has 1 heterocycles. The summed E-state index contributed by atoms with van der Waals surface area (Å²) in [5.74, 6) is 1.06. The molecule has 1 aliphatic rings. The highest BCUT2D eigenvalue weighted by molar-refractivity contribution is 14.1. The number of aliphatic hydroxyl groups excluding tert-OH is 2. The maximum Gasteiger partial charge on any atom is 0.283 e. The van der Waals surface area contributed by atoms with Crippen molar-refractivity contribution in [3.63, 3.8) is 0 Å². The molecule has 1 aliphatic heterocycles. The Kier molecular flexibility index (Phi) is 11.0. The van der Waals surface area contributed by atoms with Crippen molar-refractivity contribution in [1.82, 2.24) is 8.61 Å². The Hall–Kier alpha value is -2.27. The van der Waals surface area contributed by atoms with Gasteiger partial charge in [0.15, 0.2) is 0 Å². The van der Waals surface area contributed by atoms with Gasteiger partial charge in [-0.3, -0.25) is 0 Å². The largest absolute Gasteiger partial charge is 0.492 e. The fraction of sp³-hybridized carbons (Fsp3) is 0.250. The molecule has 8 nitrogen and oxygen atoms in total. The number of aliphatic hydroxyl groups is 2. The standard InChI is InChI=1S/C32H32I2N2O6S/c33-25-11-7-9-23(17-25)19-35-29(21-41-27-13-3-1-4-14-27)31(37)32(38)30(22-42-28-15-5-2-6-16-28)36(43(35,39)40)20-24-10-8-12-26(34)18-24/h1-18,29-32,37-38H,19-22H2/t29-,30?,31+,32?/m0/s1. The minimum atomic E-state index is -4.31. The van der Waals surface area contributed by atoms with Crippen LogP contribution in [0, 0.1) is 7.14 Å². The molecular weight excluding hydrogens is 794 g/mol. The molecule has 0 spiro atoms. The fourth-order valence-corrected chi connectivity index (χ4v) is 8.23. The average molecular weight is 826 g/mol. The Morgan fingerprint density at radius 1 is 0.605 bits per heavy atom. The zero-order valence-electron chi connectivity index (χ0n) is 23.1. The van der Waals surface area contributed by atoms with E-state index in [2.05, 4.69) is 45.2 Å². The summed E-state index contributed by atoms with van der Waals surface area (Å²) in [4.78, 5) is 0. The molecule has 0 aromatic heterocycles. The quantitative estimate of drug-likeness (QED) is 0.217. The number of hydrogen-bond donors (Lipinski definition) is 2. The van der Waals surface area contributed by atoms with Crippen LogP contribution in [-0.4, -0.2) is 64.7 Å². The Bertz CT molecular complexity index is 1480. The fourth-order valence-electron chi connectivity index (χ4n) is 5.06. The van der Waals surface area contributed by atoms with E-state index in [1.807, 2.05) is 84.9 Å². The second-order valence-corrected chi connectivity index (χ2v) is 14.5. The normalized spacial score (nSPS) is 22.5. The number of rotatable bonds is 10. The Morgan fingerprint density at radius 2 is 1.00 bits per heavy atom. The van der Waals surface area contributed by atoms with E-state index < -0.39 is 34.5 Å². The number of hydrogen-bond acceptors (Lipinski definition) is 6. The lowest BCUT2D eigenvalue weighted by molar-refractivity contribution is -0.0565. The number of halogens is 2. The van der Waals surface area contributed by atoms with Gasteiger partial charge < -0.3 is 19.7 Å². The highest BCUT2D eigenvalue weighted by Crippen LogP contribution is 2.32. The highest BCUT2D eigenvalue weighted by atomic mass is 127. The van der Waals surface area contributed by atoms with Gasteiger partial charge in [-0.1, -0.05) is 60.7 Å². The molecule has 0 bridgehead atoms. The molecule has 4 aromatic carbocycles. The minimum Gasteiger partial charge on any atom is -0.492 e. The summed E-state index contributed by atoms with van der Waals surface area (Å²) in [5, 5.41) is 23.4. The van der Waals surface area contributed by atoms with Gasteiger partial charge in [-0.15, -0.1) is 0 Å². The van der Waals surface area contributed by atoms with E-state index in [0.29, 0.717) is 11.5 Å². The summed E-state index contributed by atoms with van der Waals surface area (Å²) >= 11 is 4.37. The van der Waals surface area contributed by atoms with Crippen molar-refractivity contribution >= 4 is 55.4 Å². The van der Waals surface area contributed by atoms with Crippen molar-refractivity contribution in [3.8, 4) is 11.5 Å². The van der Waals surface area contributed by atoms with Crippen LogP contribution in [0.25, 0.3) is 0 Å². The van der Waals surface area contributed by atoms with Crippen molar-refractivity contribution in [3.05, 3.63) is 127 Å². The van der Waals surface area contributed by atoms with Crippen molar-refractivity contribution in [2.24, 2.45) is 0 Å². The van der Waals surface area contributed by atoms with Gasteiger partial charge in [0.1, 0.15) is 36.9 Å². The third-order valence-corrected chi connectivity index (χ3v) is 10.6. The maximum absolute atomic E-state index is 14.8. The lowest BCUT2D eigenvalue weighted by Gasteiger charge is -2.34. The molecular formula is C32H32I2N2O6S. The summed E-state index contributed by atoms with van der Waals surface area (Å²) in [5.41, 5.74) is 1.49. The van der Waals surface area contributed by atoms with Gasteiger partial charge >= 0.3 is 0 Å². The molecule has 43 heavy (non-hydrogen) atoms. The van der Waals surface area contributed by atoms with Gasteiger partial charge in [0.25, 0.3) is 10.2 Å². The van der Waals surface area contributed by atoms with E-state index in [4.69, 9.17) is 9.47 Å². The van der Waals surface area contributed by atoms with Crippen molar-refractivity contribution in [2.75, 3.05) is 13.2 Å². The zero-order valence-corrected chi connectivity index (χ0v) is 28.2. The van der Waals surface area contributed by atoms with Crippen LogP contribution in [0.15, 0.2) is 109 Å². The van der Waals surface area contributed by atoms with Crippen molar-refractivity contribution < 1.29 is 28.1 Å². The lowest BCUT2D eigenvalue weighted by atomic mass is 9.99. The first-order valence-corrected chi connectivity index (χ1v) is 17.3. The third-order valence-electron chi connectivity index (χ3n) is 7.25. The average Bonchev–Trinajstić information content (AvgIpc) is 3.05. The Morgan fingerprint density at radius 3 is 1.37 bits per heavy atom. The zero-order chi connectivity index (χ0) is 30.4. The number of para-hydroxylation sites is 2. The molecule has 5 rings (SSSR count). The van der Waals surface area contributed by atoms with Gasteiger partial charge in [0, 0.05) is 20.2 Å². The molecule has 11 heteroatoms. The molecule has 0 radical (unpaired) electrons. The summed E-state index contributed by atoms with van der Waals surface area (Å²) in [6, 6.07) is 30.9. The topological polar surface area (TPSA) is 99.5 Å². The van der Waals surface area contributed by atoms with Crippen LogP contribution < -0.4 is 9.47 Å². The van der Waals surface area contributed by atoms with Crippen LogP contribution >= 0.6 is 45.2 Å². The van der Waals surface area contributed by atoms with E-state index in [9.17, 15) is 18.6 Å². The smallest absolute Gasteiger partial charge is 0.283 e. The van der Waals surface area contributed by atoms with E-state index >= 15 is 0 Å². The summed E-state index contributed by atoms with van der Waals surface area (Å²) in [7, 11) is -4.31. The van der Waals surface area contributed by atoms with E-state index in [0.717, 1.165) is 18.3 Å². The van der Waals surface area contributed by atoms with Crippen LogP contribution in [0.1, 0.15) is 11.1 Å². The molecule has 0 aliphatic carbocycles. The molecule has 226 valence electrons. The Balaban J connectivity index is 1.57. The van der Waals surface area contributed by atoms with Crippen LogP contribution in [0.3, 0.4) is 0 Å². The second kappa shape index (κ2) is 14.7. The van der Waals surface area contributed by atoms with Crippen molar-refractivity contribution in [2.45, 2.75) is 37.4 Å². The minimum absolute atomic E-state index is 0.0269. The molecule has 1 saturated heterocycles. The van der Waals surface area contributed by atoms with Gasteiger partial charge in [0.05, 0.1) is 12.1 Å². The predicted octanol–water partition coefficient (Wildman–Crippen LogP) is 5.08. The molecule has 4 atom stereocenters. The molecule has 4 aromatic rings. The van der Waals surface area contributed by atoms with Gasteiger partial charge in [0.2, 0.25) is 0 Å². The first-order valence-electron chi connectivity index (χ1n) is 13.7. The molecule has 2 N–H and O–H groups in total. The Labute approximate surface area is 279 Å². The van der Waals surface area contributed by atoms with Crippen molar-refractivity contribution in [1.29, 1.82) is 0 Å². The predicted molar refractivity (Wildman–Crippen MR) is 182 cm³/mol. The molecule has 0 amide bonds. The lowest BCUT2D eigenvalue weighted by Crippen LogP contribution is -2.52. The second-order valence-electron chi connectivity index (χ2n) is 10.2. The summed E-state index contributed by atoms with van der Waals surface area (Å²) in [6.45, 7) is -0.398. The highest BCUT2D eigenvalue weighted by Gasteiger charge is 2.51. The van der Waals surface area contributed by atoms with Gasteiger partial charge in [-0.2, -0.15) is 17.0 Å². The third kappa shape index (κ3) is 8.07. The van der Waals surface area contributed by atoms with E-state index in [1.54, 1.807) is 24.3 Å². The first-order chi connectivity index (χ1) is 20.7. The molecule has 0 saturated carbocycles. The van der Waals surface area contributed by atoms with E-state index in [-0.39, 0.29) is 26.3 Å². The van der Waals surface area contributed by atoms with Gasteiger partial charge in [-0.05, 0) is 105 Å². The van der Waals surface area contributed by atoms with Crippen LogP contribution in [-0.2, 0) is 23.3 Å². The number of nitrogens with zero attached hydrogens (tertiary/aromatic N) is 2. The molecule has 1 fully saturated rings. The monoisotopic (exact) mass is 826 g/mol. The maximum atomic E-state index is 14.8. The number of benzene rings is 4. The number of ether oxygens (including phenoxy) is 2. The SMILES string of the molecule is O=S1(=O)N(Cc2cccc(I)c2)C(COc2ccccc2)C(O)[C@H](O)[C@H](COc2ccccc2)N1Cc1cccc(I)c1. The van der Waals surface area contributed by atoms with Gasteiger partial charge in [-0.25, -0.2) is 0 Å².